The minimum atomic E-state index is -0.382. The Morgan fingerprint density at radius 1 is 1.27 bits per heavy atom. The third-order valence-electron chi connectivity index (χ3n) is 2.74. The first-order chi connectivity index (χ1) is 7.06. The molecule has 0 aromatic rings. The van der Waals surface area contributed by atoms with Crippen LogP contribution >= 0.6 is 0 Å². The Morgan fingerprint density at radius 2 is 1.87 bits per heavy atom. The quantitative estimate of drug-likeness (QED) is 0.660. The molecule has 0 aliphatic rings. The molecule has 1 N–H and O–H groups in total. The molecule has 0 spiro atoms. The molecule has 0 saturated carbocycles. The second kappa shape index (κ2) is 7.89. The Balaban J connectivity index is 4.69. The summed E-state index contributed by atoms with van der Waals surface area (Å²) in [5, 5.41) is 9.39. The van der Waals surface area contributed by atoms with Crippen LogP contribution in [0.3, 0.4) is 0 Å². The summed E-state index contributed by atoms with van der Waals surface area (Å²) in [6.45, 7) is 11.0. The Bertz CT molecular complexity index is 185. The highest BCUT2D eigenvalue weighted by atomic mass is 16.5. The number of aliphatic hydroxyl groups is 1. The number of aliphatic hydroxyl groups excluding tert-OH is 1. The fourth-order valence-electron chi connectivity index (χ4n) is 1.75. The van der Waals surface area contributed by atoms with E-state index >= 15 is 0 Å². The predicted octanol–water partition coefficient (Wildman–Crippen LogP) is 3.15. The fourth-order valence-corrected chi connectivity index (χ4v) is 1.75. The van der Waals surface area contributed by atoms with Gasteiger partial charge in [-0.3, -0.25) is 0 Å². The van der Waals surface area contributed by atoms with Gasteiger partial charge in [-0.15, -0.1) is 0 Å². The average Bonchev–Trinajstić information content (AvgIpc) is 2.21. The van der Waals surface area contributed by atoms with Crippen LogP contribution in [0.1, 0.15) is 47.5 Å². The van der Waals surface area contributed by atoms with Crippen LogP contribution < -0.4 is 0 Å². The van der Waals surface area contributed by atoms with Crippen molar-refractivity contribution in [2.45, 2.75) is 59.7 Å². The summed E-state index contributed by atoms with van der Waals surface area (Å²) in [5.74, 6) is 0.509. The van der Waals surface area contributed by atoms with Gasteiger partial charge in [-0.25, -0.2) is 0 Å². The molecule has 0 saturated heterocycles. The summed E-state index contributed by atoms with van der Waals surface area (Å²) < 4.78 is 5.77. The Labute approximate surface area is 94.3 Å². The first kappa shape index (κ1) is 14.7. The molecular formula is C13H26O2. The molecule has 0 amide bonds. The molecule has 0 radical (unpaired) electrons. The maximum Gasteiger partial charge on any atom is 0.0811 e. The highest BCUT2D eigenvalue weighted by molar-refractivity contribution is 5.11. The summed E-state index contributed by atoms with van der Waals surface area (Å²) >= 11 is 0. The van der Waals surface area contributed by atoms with E-state index in [0.29, 0.717) is 5.92 Å². The van der Waals surface area contributed by atoms with E-state index in [-0.39, 0.29) is 12.2 Å². The van der Waals surface area contributed by atoms with E-state index in [4.69, 9.17) is 4.74 Å². The molecule has 2 nitrogen and oxygen atoms in total. The van der Waals surface area contributed by atoms with E-state index in [2.05, 4.69) is 20.8 Å². The molecular weight excluding hydrogens is 188 g/mol. The lowest BCUT2D eigenvalue weighted by molar-refractivity contribution is 0.0468. The van der Waals surface area contributed by atoms with Crippen molar-refractivity contribution in [3.05, 3.63) is 11.6 Å². The molecule has 90 valence electrons. The van der Waals surface area contributed by atoms with E-state index in [1.165, 1.54) is 5.57 Å². The van der Waals surface area contributed by atoms with Crippen molar-refractivity contribution >= 4 is 0 Å². The van der Waals surface area contributed by atoms with Gasteiger partial charge in [0.15, 0.2) is 0 Å². The Hall–Kier alpha value is -0.340. The maximum absolute atomic E-state index is 9.39. The lowest BCUT2D eigenvalue weighted by Gasteiger charge is -2.25. The van der Waals surface area contributed by atoms with Crippen molar-refractivity contribution in [3.8, 4) is 0 Å². The topological polar surface area (TPSA) is 29.5 Å². The number of hydrogen-bond acceptors (Lipinski definition) is 2. The molecule has 0 bridgehead atoms. The largest absolute Gasteiger partial charge is 0.389 e. The van der Waals surface area contributed by atoms with E-state index < -0.39 is 0 Å². The SMILES string of the molecule is CCOC(/C(=C\C(C)O)CC)C(C)CC. The maximum atomic E-state index is 9.39. The van der Waals surface area contributed by atoms with Gasteiger partial charge in [0.05, 0.1) is 12.2 Å². The summed E-state index contributed by atoms with van der Waals surface area (Å²) in [5.41, 5.74) is 1.22. The molecule has 3 unspecified atom stereocenters. The molecule has 2 heteroatoms. The Kier molecular flexibility index (Phi) is 7.71. The van der Waals surface area contributed by atoms with E-state index in [0.717, 1.165) is 19.4 Å². The smallest absolute Gasteiger partial charge is 0.0811 e. The van der Waals surface area contributed by atoms with Gasteiger partial charge < -0.3 is 9.84 Å². The van der Waals surface area contributed by atoms with Crippen LogP contribution in [0.2, 0.25) is 0 Å². The summed E-state index contributed by atoms with van der Waals surface area (Å²) in [6, 6.07) is 0. The van der Waals surface area contributed by atoms with Crippen molar-refractivity contribution in [3.63, 3.8) is 0 Å². The van der Waals surface area contributed by atoms with Crippen molar-refractivity contribution in [2.24, 2.45) is 5.92 Å². The van der Waals surface area contributed by atoms with Crippen molar-refractivity contribution in [2.75, 3.05) is 6.61 Å². The first-order valence-electron chi connectivity index (χ1n) is 6.06. The second-order valence-electron chi connectivity index (χ2n) is 4.10. The minimum absolute atomic E-state index is 0.166. The van der Waals surface area contributed by atoms with Crippen LogP contribution in [-0.2, 0) is 4.74 Å². The second-order valence-corrected chi connectivity index (χ2v) is 4.10. The average molecular weight is 214 g/mol. The number of rotatable bonds is 7. The first-order valence-corrected chi connectivity index (χ1v) is 6.06. The third kappa shape index (κ3) is 5.33. The normalized spacial score (nSPS) is 18.7. The van der Waals surface area contributed by atoms with Gasteiger partial charge in [-0.05, 0) is 31.8 Å². The Morgan fingerprint density at radius 3 is 2.20 bits per heavy atom. The van der Waals surface area contributed by atoms with E-state index in [1.807, 2.05) is 13.0 Å². The van der Waals surface area contributed by atoms with Crippen LogP contribution in [0.25, 0.3) is 0 Å². The predicted molar refractivity (Wildman–Crippen MR) is 64.9 cm³/mol. The lowest BCUT2D eigenvalue weighted by atomic mass is 9.92. The van der Waals surface area contributed by atoms with E-state index in [9.17, 15) is 5.11 Å². The van der Waals surface area contributed by atoms with Gasteiger partial charge in [0.25, 0.3) is 0 Å². The van der Waals surface area contributed by atoms with Gasteiger partial charge in [0.2, 0.25) is 0 Å². The minimum Gasteiger partial charge on any atom is -0.389 e. The van der Waals surface area contributed by atoms with Gasteiger partial charge >= 0.3 is 0 Å². The van der Waals surface area contributed by atoms with Crippen LogP contribution in [0.15, 0.2) is 11.6 Å². The number of hydrogen-bond donors (Lipinski definition) is 1. The van der Waals surface area contributed by atoms with Crippen molar-refractivity contribution in [1.29, 1.82) is 0 Å². The molecule has 0 aliphatic heterocycles. The molecule has 3 atom stereocenters. The van der Waals surface area contributed by atoms with E-state index in [1.54, 1.807) is 6.92 Å². The van der Waals surface area contributed by atoms with Crippen LogP contribution in [0.5, 0.6) is 0 Å². The van der Waals surface area contributed by atoms with Crippen LogP contribution in [0.4, 0.5) is 0 Å². The zero-order chi connectivity index (χ0) is 11.8. The zero-order valence-corrected chi connectivity index (χ0v) is 10.8. The molecule has 0 heterocycles. The molecule has 0 fully saturated rings. The zero-order valence-electron chi connectivity index (χ0n) is 10.8. The van der Waals surface area contributed by atoms with Gasteiger partial charge in [-0.1, -0.05) is 33.3 Å². The standard InChI is InChI=1S/C13H26O2/c1-6-10(4)13(15-8-3)12(7-2)9-11(5)14/h9-11,13-14H,6-8H2,1-5H3/b12-9-. The summed E-state index contributed by atoms with van der Waals surface area (Å²) in [4.78, 5) is 0. The number of ether oxygens (including phenoxy) is 1. The molecule has 0 aromatic carbocycles. The van der Waals surface area contributed by atoms with Crippen LogP contribution in [0, 0.1) is 5.92 Å². The van der Waals surface area contributed by atoms with Gasteiger partial charge in [-0.2, -0.15) is 0 Å². The van der Waals surface area contributed by atoms with Gasteiger partial charge in [0.1, 0.15) is 0 Å². The molecule has 0 aliphatic carbocycles. The van der Waals surface area contributed by atoms with Crippen molar-refractivity contribution in [1.82, 2.24) is 0 Å². The molecule has 0 aromatic heterocycles. The third-order valence-corrected chi connectivity index (χ3v) is 2.74. The fraction of sp³-hybridized carbons (Fsp3) is 0.846. The molecule has 15 heavy (non-hydrogen) atoms. The van der Waals surface area contributed by atoms with Gasteiger partial charge in [0, 0.05) is 6.61 Å². The molecule has 0 rings (SSSR count). The highest BCUT2D eigenvalue weighted by Crippen LogP contribution is 2.22. The summed E-state index contributed by atoms with van der Waals surface area (Å²) in [6.07, 6.45) is 3.75. The lowest BCUT2D eigenvalue weighted by Crippen LogP contribution is -2.24. The highest BCUT2D eigenvalue weighted by Gasteiger charge is 2.19. The van der Waals surface area contributed by atoms with Crippen molar-refractivity contribution < 1.29 is 9.84 Å². The summed E-state index contributed by atoms with van der Waals surface area (Å²) in [7, 11) is 0. The van der Waals surface area contributed by atoms with Crippen LogP contribution in [-0.4, -0.2) is 23.9 Å². The monoisotopic (exact) mass is 214 g/mol.